The molecule has 0 aliphatic heterocycles. The summed E-state index contributed by atoms with van der Waals surface area (Å²) in [6, 6.07) is 19.2. The number of nitrogens with zero attached hydrogens (tertiary/aromatic N) is 1. The molecule has 0 radical (unpaired) electrons. The van der Waals surface area contributed by atoms with Gasteiger partial charge in [-0.05, 0) is 61.4 Å². The SMILES string of the molecule is Fc1c(F)c(F)c([B-](c2c(F)c(F)c(F)c(F)c2F)(c2c(F)c(F)c(F)c(F)c2F)c2c(F)c(F)c(F)c(F)c2F)c(F)c1F.c1ccc2c[n+](Cc3ccc(OC4CCCCC4)cc3)ccc2c1. The van der Waals surface area contributed by atoms with Gasteiger partial charge in [0.15, 0.2) is 88.7 Å². The van der Waals surface area contributed by atoms with E-state index >= 15 is 35.1 Å². The van der Waals surface area contributed by atoms with E-state index in [9.17, 15) is 52.7 Å². The normalized spacial score (nSPS) is 13.2. The lowest BCUT2D eigenvalue weighted by atomic mass is 9.12. The van der Waals surface area contributed by atoms with Crippen molar-refractivity contribution < 1.29 is 97.1 Å². The molecule has 0 amide bonds. The van der Waals surface area contributed by atoms with Crippen molar-refractivity contribution in [1.82, 2.24) is 0 Å². The first-order valence-electron chi connectivity index (χ1n) is 19.9. The minimum absolute atomic E-state index is 0.416. The molecule has 6 aromatic carbocycles. The molecule has 0 unspecified atom stereocenters. The van der Waals surface area contributed by atoms with E-state index in [0.717, 1.165) is 12.3 Å². The van der Waals surface area contributed by atoms with Crippen LogP contribution in [0.15, 0.2) is 67.0 Å². The molecule has 69 heavy (non-hydrogen) atoms. The summed E-state index contributed by atoms with van der Waals surface area (Å²) in [5, 5.41) is 2.56. The van der Waals surface area contributed by atoms with Gasteiger partial charge in [-0.15, -0.1) is 21.9 Å². The molecule has 0 saturated heterocycles. The molecule has 1 aromatic heterocycles. The van der Waals surface area contributed by atoms with Crippen LogP contribution >= 0.6 is 0 Å². The second kappa shape index (κ2) is 19.3. The molecule has 8 rings (SSSR count). The number of aromatic nitrogens is 1. The van der Waals surface area contributed by atoms with Gasteiger partial charge in [-0.3, -0.25) is 0 Å². The van der Waals surface area contributed by atoms with Gasteiger partial charge in [0.05, 0.1) is 6.10 Å². The van der Waals surface area contributed by atoms with Crippen LogP contribution in [0.1, 0.15) is 37.7 Å². The van der Waals surface area contributed by atoms with Gasteiger partial charge in [-0.2, -0.15) is 0 Å². The summed E-state index contributed by atoms with van der Waals surface area (Å²) in [5.74, 6) is -70.4. The molecule has 0 bridgehead atoms. The maximum Gasteiger partial charge on any atom is 0.200 e. The van der Waals surface area contributed by atoms with E-state index in [1.165, 1.54) is 48.4 Å². The lowest BCUT2D eigenvalue weighted by Crippen LogP contribution is -2.81. The summed E-state index contributed by atoms with van der Waals surface area (Å²) in [7, 11) is 0. The maximum absolute atomic E-state index is 15.4. The fourth-order valence-electron chi connectivity index (χ4n) is 8.41. The van der Waals surface area contributed by atoms with Crippen molar-refractivity contribution in [2.75, 3.05) is 0 Å². The van der Waals surface area contributed by atoms with Crippen LogP contribution in [0.4, 0.5) is 87.8 Å². The van der Waals surface area contributed by atoms with Crippen molar-refractivity contribution in [1.29, 1.82) is 0 Å². The molecule has 362 valence electrons. The quantitative estimate of drug-likeness (QED) is 0.0486. The van der Waals surface area contributed by atoms with Crippen LogP contribution in [0, 0.1) is 116 Å². The Morgan fingerprint density at radius 1 is 0.377 bits per heavy atom. The van der Waals surface area contributed by atoms with E-state index in [2.05, 4.69) is 71.6 Å². The monoisotopic (exact) mass is 997 g/mol. The predicted molar refractivity (Wildman–Crippen MR) is 206 cm³/mol. The summed E-state index contributed by atoms with van der Waals surface area (Å²) in [6.45, 7) is 0.883. The van der Waals surface area contributed by atoms with Crippen molar-refractivity contribution in [2.24, 2.45) is 0 Å². The highest BCUT2D eigenvalue weighted by atomic mass is 19.2. The standard InChI is InChI=1S/C24BF20.C22H24NO/c26-5-1(6(27)14(35)21(42)13(5)34)25(2-7(28)15(36)22(43)16(37)8(2)29,3-9(30)17(38)23(44)18(39)10(3)31)4-11(32)19(40)24(45)20(41)12(4)33;1-2-8-21(9-3-1)24-22-12-10-18(11-13-22)16-23-15-14-19-6-4-5-7-20(19)17-23/h;4-7,10-15,17,21H,1-3,8-9,16H2/q-1;+1. The number of benzene rings is 6. The first-order valence-corrected chi connectivity index (χ1v) is 19.9. The third-order valence-corrected chi connectivity index (χ3v) is 11.6. The molecule has 0 atom stereocenters. The van der Waals surface area contributed by atoms with Crippen molar-refractivity contribution >= 4 is 38.8 Å². The Labute approximate surface area is 374 Å². The van der Waals surface area contributed by atoms with E-state index in [0.29, 0.717) is 6.10 Å². The van der Waals surface area contributed by atoms with E-state index in [4.69, 9.17) is 4.74 Å². The molecule has 7 aromatic rings. The Bertz CT molecular complexity index is 2780. The molecule has 2 nitrogen and oxygen atoms in total. The van der Waals surface area contributed by atoms with Gasteiger partial charge in [-0.1, -0.05) is 24.6 Å². The Morgan fingerprint density at radius 2 is 0.696 bits per heavy atom. The fourth-order valence-corrected chi connectivity index (χ4v) is 8.41. The summed E-state index contributed by atoms with van der Waals surface area (Å²) < 4.78 is 302. The van der Waals surface area contributed by atoms with Crippen molar-refractivity contribution in [2.45, 2.75) is 44.8 Å². The van der Waals surface area contributed by atoms with Gasteiger partial charge in [0, 0.05) is 17.0 Å². The minimum Gasteiger partial charge on any atom is -0.490 e. The molecular formula is C46H24BF20NO. The van der Waals surface area contributed by atoms with Crippen LogP contribution in [0.2, 0.25) is 0 Å². The highest BCUT2D eigenvalue weighted by molar-refractivity contribution is 7.20. The minimum atomic E-state index is -7.22. The highest BCUT2D eigenvalue weighted by Gasteiger charge is 2.52. The number of rotatable bonds is 8. The number of halogens is 20. The summed E-state index contributed by atoms with van der Waals surface area (Å²) in [4.78, 5) is 0. The average Bonchev–Trinajstić information content (AvgIpc) is 3.35. The number of hydrogen-bond donors (Lipinski definition) is 0. The second-order valence-corrected chi connectivity index (χ2v) is 15.6. The van der Waals surface area contributed by atoms with Crippen LogP contribution in [0.3, 0.4) is 0 Å². The summed E-state index contributed by atoms with van der Waals surface area (Å²) >= 11 is 0. The molecule has 1 fully saturated rings. The lowest BCUT2D eigenvalue weighted by Gasteiger charge is -2.44. The zero-order valence-electron chi connectivity index (χ0n) is 34.2. The van der Waals surface area contributed by atoms with E-state index in [1.807, 2.05) is 0 Å². The maximum atomic E-state index is 15.4. The van der Waals surface area contributed by atoms with Gasteiger partial charge >= 0.3 is 0 Å². The number of ether oxygens (including phenoxy) is 1. The first-order chi connectivity index (χ1) is 32.6. The van der Waals surface area contributed by atoms with E-state index in [1.54, 1.807) is 0 Å². The molecular weight excluding hydrogens is 973 g/mol. The predicted octanol–water partition coefficient (Wildman–Crippen LogP) is 10.7. The van der Waals surface area contributed by atoms with Gasteiger partial charge in [0.2, 0.25) is 0 Å². The van der Waals surface area contributed by atoms with Crippen LogP contribution in [-0.2, 0) is 6.54 Å². The van der Waals surface area contributed by atoms with Crippen molar-refractivity contribution in [3.05, 3.63) is 189 Å². The molecule has 1 saturated carbocycles. The van der Waals surface area contributed by atoms with Gasteiger partial charge in [-0.25, -0.2) is 92.4 Å². The van der Waals surface area contributed by atoms with Crippen molar-refractivity contribution in [3.8, 4) is 5.75 Å². The largest absolute Gasteiger partial charge is 0.490 e. The zero-order valence-corrected chi connectivity index (χ0v) is 34.2. The summed E-state index contributed by atoms with van der Waals surface area (Å²) in [6.07, 6.45) is 3.94. The Balaban J connectivity index is 0.000000244. The topological polar surface area (TPSA) is 13.1 Å². The third kappa shape index (κ3) is 8.46. The van der Waals surface area contributed by atoms with Crippen LogP contribution in [0.5, 0.6) is 5.75 Å². The van der Waals surface area contributed by atoms with E-state index < -0.39 is 144 Å². The van der Waals surface area contributed by atoms with Gasteiger partial charge in [0.25, 0.3) is 0 Å². The van der Waals surface area contributed by atoms with Crippen LogP contribution < -0.4 is 31.2 Å². The number of fused-ring (bicyclic) bond motifs is 1. The molecule has 0 N–H and O–H groups in total. The molecule has 0 spiro atoms. The van der Waals surface area contributed by atoms with Crippen LogP contribution in [0.25, 0.3) is 10.8 Å². The number of hydrogen-bond acceptors (Lipinski definition) is 1. The molecule has 1 aliphatic rings. The Kier molecular flexibility index (Phi) is 14.0. The first kappa shape index (κ1) is 50.1. The second-order valence-electron chi connectivity index (χ2n) is 15.6. The van der Waals surface area contributed by atoms with Crippen LogP contribution in [-0.4, -0.2) is 12.2 Å². The summed E-state index contributed by atoms with van der Waals surface area (Å²) in [5.41, 5.74) is -13.0. The van der Waals surface area contributed by atoms with Gasteiger partial charge in [0.1, 0.15) is 58.4 Å². The molecule has 23 heteroatoms. The average molecular weight is 997 g/mol. The Morgan fingerprint density at radius 3 is 1.04 bits per heavy atom. The zero-order chi connectivity index (χ0) is 50.5. The lowest BCUT2D eigenvalue weighted by molar-refractivity contribution is -0.687. The Hall–Kier alpha value is -6.81. The van der Waals surface area contributed by atoms with Crippen molar-refractivity contribution in [3.63, 3.8) is 0 Å². The molecule has 1 aliphatic carbocycles. The molecule has 1 heterocycles. The van der Waals surface area contributed by atoms with Gasteiger partial charge < -0.3 is 4.74 Å². The highest BCUT2D eigenvalue weighted by Crippen LogP contribution is 2.31. The smallest absolute Gasteiger partial charge is 0.200 e. The van der Waals surface area contributed by atoms with E-state index in [-0.39, 0.29) is 0 Å². The number of pyridine rings is 1. The fraction of sp³-hybridized carbons (Fsp3) is 0.152. The third-order valence-electron chi connectivity index (χ3n) is 11.6.